The number of ether oxygens (including phenoxy) is 3. The molecule has 6 aromatic rings. The molecular formula is C45H55FN12O7. The van der Waals surface area contributed by atoms with Crippen LogP contribution in [0.1, 0.15) is 75.6 Å². The van der Waals surface area contributed by atoms with Crippen LogP contribution in [0, 0.1) is 13.8 Å². The van der Waals surface area contributed by atoms with Crippen LogP contribution in [0.15, 0.2) is 54.9 Å². The van der Waals surface area contributed by atoms with E-state index in [2.05, 4.69) is 42.9 Å². The molecule has 0 spiro atoms. The quantitative estimate of drug-likeness (QED) is 0.0921. The number of nitrogens with one attached hydrogen (secondary N) is 3. The molecule has 2 amide bonds. The third-order valence-electron chi connectivity index (χ3n) is 11.7. The fourth-order valence-corrected chi connectivity index (χ4v) is 8.48. The van der Waals surface area contributed by atoms with Crippen molar-refractivity contribution in [2.75, 3.05) is 57.1 Å². The standard InChI is InChI=1S/C45H55FN12O7/c1-6-54(25-33-12-10-17-62-33)32-26-63-37-19-28(3)18-34-39(37)57(45(51-34)52-42(60)36-20-29(4)53-58(36)7-2)16-9-8-15-56-40-35(50-44(56)47-5)21-30(22-38(40)64-27-32)41(59)48-13-11-14-55-24-31(23-49-55)43(61)65-46/h8-9,18-24,32-33H,6-7,10-17,25-27H2,1-5H3,(H,47,50)(H,48,59)(H,51,52,60)/b9-8+. The Hall–Kier alpha value is -6.80. The molecule has 1 saturated heterocycles. The highest BCUT2D eigenvalue weighted by Gasteiger charge is 2.28. The first-order valence-corrected chi connectivity index (χ1v) is 22.1. The van der Waals surface area contributed by atoms with Crippen LogP contribution in [0.25, 0.3) is 22.1 Å². The number of halogens is 1. The van der Waals surface area contributed by atoms with E-state index in [-0.39, 0.29) is 42.7 Å². The van der Waals surface area contributed by atoms with Gasteiger partial charge in [0.25, 0.3) is 11.8 Å². The van der Waals surface area contributed by atoms with Crippen molar-refractivity contribution in [2.45, 2.75) is 85.3 Å². The van der Waals surface area contributed by atoms with E-state index < -0.39 is 5.97 Å². The maximum absolute atomic E-state index is 13.8. The van der Waals surface area contributed by atoms with Crippen molar-refractivity contribution in [3.63, 3.8) is 0 Å². The van der Waals surface area contributed by atoms with Gasteiger partial charge in [-0.05, 0) is 82.5 Å². The number of aromatic nitrogens is 8. The monoisotopic (exact) mass is 894 g/mol. The van der Waals surface area contributed by atoms with Gasteiger partial charge in [-0.2, -0.15) is 10.2 Å². The molecule has 2 atom stereocenters. The number of rotatable bonds is 14. The fraction of sp³-hybridized carbons (Fsp3) is 0.444. The molecule has 2 aliphatic rings. The van der Waals surface area contributed by atoms with E-state index in [1.165, 1.54) is 17.1 Å². The number of imidazole rings is 2. The lowest BCUT2D eigenvalue weighted by molar-refractivity contribution is -0.0788. The van der Waals surface area contributed by atoms with Crippen LogP contribution in [0.2, 0.25) is 0 Å². The van der Waals surface area contributed by atoms with Crippen LogP contribution >= 0.6 is 0 Å². The van der Waals surface area contributed by atoms with E-state index >= 15 is 0 Å². The van der Waals surface area contributed by atoms with Crippen molar-refractivity contribution in [1.29, 1.82) is 0 Å². The molecule has 344 valence electrons. The molecule has 2 aliphatic heterocycles. The van der Waals surface area contributed by atoms with Crippen molar-refractivity contribution < 1.29 is 38.1 Å². The summed E-state index contributed by atoms with van der Waals surface area (Å²) in [4.78, 5) is 54.5. The normalized spacial score (nSPS) is 17.0. The van der Waals surface area contributed by atoms with Crippen molar-refractivity contribution >= 4 is 51.7 Å². The highest BCUT2D eigenvalue weighted by atomic mass is 19.3. The minimum Gasteiger partial charge on any atom is -0.490 e. The summed E-state index contributed by atoms with van der Waals surface area (Å²) in [5.41, 5.74) is 5.16. The van der Waals surface area contributed by atoms with Crippen LogP contribution in [0.5, 0.6) is 11.5 Å². The first-order chi connectivity index (χ1) is 31.6. The second-order valence-electron chi connectivity index (χ2n) is 16.2. The van der Waals surface area contributed by atoms with E-state index in [0.717, 1.165) is 36.2 Å². The molecule has 0 radical (unpaired) electrons. The minimum atomic E-state index is -1.12. The first kappa shape index (κ1) is 44.8. The molecule has 4 aromatic heterocycles. The van der Waals surface area contributed by atoms with E-state index in [1.807, 2.05) is 54.2 Å². The third-order valence-corrected chi connectivity index (χ3v) is 11.7. The number of hydrogen-bond donors (Lipinski definition) is 3. The first-order valence-electron chi connectivity index (χ1n) is 22.1. The van der Waals surface area contributed by atoms with Gasteiger partial charge in [0.2, 0.25) is 11.9 Å². The fourth-order valence-electron chi connectivity index (χ4n) is 8.48. The number of likely N-dealkylation sites (N-methyl/N-ethyl adjacent to an activating group) is 1. The maximum atomic E-state index is 13.8. The van der Waals surface area contributed by atoms with Gasteiger partial charge in [-0.15, -0.1) is 0 Å². The predicted molar refractivity (Wildman–Crippen MR) is 240 cm³/mol. The summed E-state index contributed by atoms with van der Waals surface area (Å²) in [7, 11) is 1.79. The SMILES string of the molecule is CCN(CC1CCCO1)C1COc2cc(C(=O)NCCCn3cc(C(=O)OF)cn3)cc3nc(NC)n(c23)C/C=C/Cn2c(NC(=O)c3cc(C)nn3CC)nc3cc(C)cc(c32)OC1. The van der Waals surface area contributed by atoms with E-state index in [0.29, 0.717) is 103 Å². The average molecular weight is 895 g/mol. The van der Waals surface area contributed by atoms with E-state index in [4.69, 9.17) is 24.2 Å². The third kappa shape index (κ3) is 9.82. The molecular weight excluding hydrogens is 840 g/mol. The summed E-state index contributed by atoms with van der Waals surface area (Å²) in [6, 6.07) is 8.97. The number of aryl methyl sites for hydroxylation is 4. The van der Waals surface area contributed by atoms with Gasteiger partial charge in [-0.3, -0.25) is 29.2 Å². The van der Waals surface area contributed by atoms with Gasteiger partial charge in [0.05, 0.1) is 35.1 Å². The van der Waals surface area contributed by atoms with Gasteiger partial charge in [-0.25, -0.2) is 19.7 Å². The van der Waals surface area contributed by atoms with Crippen molar-refractivity contribution in [3.8, 4) is 11.5 Å². The van der Waals surface area contributed by atoms with Gasteiger partial charge in [-0.1, -0.05) is 19.1 Å². The molecule has 2 unspecified atom stereocenters. The van der Waals surface area contributed by atoms with Gasteiger partial charge >= 0.3 is 5.97 Å². The van der Waals surface area contributed by atoms with Gasteiger partial charge in [0, 0.05) is 69.2 Å². The largest absolute Gasteiger partial charge is 0.490 e. The average Bonchev–Trinajstić information content (AvgIpc) is 4.16. The number of carbonyl (C=O) groups excluding carboxylic acids is 3. The highest BCUT2D eigenvalue weighted by Crippen LogP contribution is 2.34. The molecule has 2 aromatic carbocycles. The maximum Gasteiger partial charge on any atom is 0.382 e. The zero-order chi connectivity index (χ0) is 45.6. The number of nitrogens with zero attached hydrogens (tertiary/aromatic N) is 9. The van der Waals surface area contributed by atoms with Crippen molar-refractivity contribution in [3.05, 3.63) is 83.0 Å². The smallest absolute Gasteiger partial charge is 0.382 e. The van der Waals surface area contributed by atoms with Gasteiger partial charge in [0.15, 0.2) is 0 Å². The Morgan fingerprint density at radius 1 is 0.923 bits per heavy atom. The van der Waals surface area contributed by atoms with Crippen LogP contribution in [0.4, 0.5) is 16.4 Å². The van der Waals surface area contributed by atoms with Crippen LogP contribution < -0.4 is 25.4 Å². The highest BCUT2D eigenvalue weighted by molar-refractivity contribution is 6.03. The molecule has 65 heavy (non-hydrogen) atoms. The Bertz CT molecular complexity index is 2710. The van der Waals surface area contributed by atoms with E-state index in [9.17, 15) is 18.9 Å². The molecule has 3 N–H and O–H groups in total. The Balaban J connectivity index is 1.14. The molecule has 20 heteroatoms. The summed E-state index contributed by atoms with van der Waals surface area (Å²) in [5, 5.41) is 17.8. The van der Waals surface area contributed by atoms with Crippen molar-refractivity contribution in [1.82, 2.24) is 48.9 Å². The number of carbonyl (C=O) groups is 3. The molecule has 0 aliphatic carbocycles. The predicted octanol–water partition coefficient (Wildman–Crippen LogP) is 5.47. The molecule has 19 nitrogen and oxygen atoms in total. The topological polar surface area (TPSA) is 199 Å². The second-order valence-corrected chi connectivity index (χ2v) is 16.2. The van der Waals surface area contributed by atoms with Gasteiger partial charge < -0.3 is 34.0 Å². The van der Waals surface area contributed by atoms with Crippen LogP contribution in [0.3, 0.4) is 0 Å². The second kappa shape index (κ2) is 19.9. The Kier molecular flexibility index (Phi) is 13.7. The summed E-state index contributed by atoms with van der Waals surface area (Å²) in [6.45, 7) is 12.4. The number of allylic oxidation sites excluding steroid dienone is 2. The molecule has 8 rings (SSSR count). The summed E-state index contributed by atoms with van der Waals surface area (Å²) in [6.07, 6.45) is 9.15. The lowest BCUT2D eigenvalue weighted by Crippen LogP contribution is -2.46. The molecule has 0 bridgehead atoms. The zero-order valence-electron chi connectivity index (χ0n) is 37.3. The Labute approximate surface area is 374 Å². The summed E-state index contributed by atoms with van der Waals surface area (Å²) < 4.78 is 39.2. The zero-order valence-corrected chi connectivity index (χ0v) is 37.3. The molecule has 6 heterocycles. The number of hydrogen-bond acceptors (Lipinski definition) is 13. The molecule has 0 saturated carbocycles. The van der Waals surface area contributed by atoms with Gasteiger partial charge in [0.1, 0.15) is 47.0 Å². The number of anilines is 2. The Morgan fingerprint density at radius 2 is 1.65 bits per heavy atom. The van der Waals surface area contributed by atoms with E-state index in [1.54, 1.807) is 29.9 Å². The lowest BCUT2D eigenvalue weighted by Gasteiger charge is -2.32. The van der Waals surface area contributed by atoms with Crippen LogP contribution in [-0.2, 0) is 35.9 Å². The lowest BCUT2D eigenvalue weighted by atomic mass is 10.1. The van der Waals surface area contributed by atoms with Crippen molar-refractivity contribution in [2.24, 2.45) is 0 Å². The number of benzene rings is 2. The Morgan fingerprint density at radius 3 is 2.34 bits per heavy atom. The van der Waals surface area contributed by atoms with Crippen LogP contribution in [-0.4, -0.2) is 120 Å². The minimum absolute atomic E-state index is 0.00882. The number of amides is 2. The summed E-state index contributed by atoms with van der Waals surface area (Å²) >= 11 is 0. The summed E-state index contributed by atoms with van der Waals surface area (Å²) in [5.74, 6) is 0.277. The molecule has 1 fully saturated rings.